The van der Waals surface area contributed by atoms with Gasteiger partial charge < -0.3 is 9.84 Å². The number of esters is 1. The molecule has 0 radical (unpaired) electrons. The summed E-state index contributed by atoms with van der Waals surface area (Å²) in [6.07, 6.45) is 13.0. The fraction of sp³-hybridized carbons (Fsp3) is 0.857. The van der Waals surface area contributed by atoms with E-state index in [1.54, 1.807) is 6.08 Å². The number of ether oxygens (including phenoxy) is 1. The standard InChI is InChI=1S/C21H39NO5/c1-3-5-6-7-10-13-16-20(23)19(22(25)26)15-12-9-8-11-14-17-21(24)27-18-4-2/h4,19-20,23H,2-3,5-18H2,1H3. The predicted molar refractivity (Wildman–Crippen MR) is 108 cm³/mol. The Balaban J connectivity index is 3.78. The van der Waals surface area contributed by atoms with Gasteiger partial charge in [0.25, 0.3) is 0 Å². The van der Waals surface area contributed by atoms with Crippen molar-refractivity contribution >= 4 is 5.97 Å². The van der Waals surface area contributed by atoms with Crippen molar-refractivity contribution in [2.45, 2.75) is 109 Å². The first-order valence-corrected chi connectivity index (χ1v) is 10.6. The van der Waals surface area contributed by atoms with Crippen LogP contribution in [0.4, 0.5) is 0 Å². The molecule has 1 N–H and O–H groups in total. The molecule has 27 heavy (non-hydrogen) atoms. The molecule has 0 saturated carbocycles. The van der Waals surface area contributed by atoms with E-state index >= 15 is 0 Å². The number of carbonyl (C=O) groups is 1. The van der Waals surface area contributed by atoms with Crippen LogP contribution in [0, 0.1) is 10.1 Å². The molecule has 158 valence electrons. The van der Waals surface area contributed by atoms with E-state index in [-0.39, 0.29) is 17.5 Å². The van der Waals surface area contributed by atoms with E-state index in [1.807, 2.05) is 0 Å². The Morgan fingerprint density at radius 2 is 1.59 bits per heavy atom. The quantitative estimate of drug-likeness (QED) is 0.108. The normalized spacial score (nSPS) is 13.1. The summed E-state index contributed by atoms with van der Waals surface area (Å²) in [6.45, 7) is 5.91. The van der Waals surface area contributed by atoms with Crippen LogP contribution in [0.3, 0.4) is 0 Å². The topological polar surface area (TPSA) is 89.7 Å². The highest BCUT2D eigenvalue weighted by Crippen LogP contribution is 2.17. The summed E-state index contributed by atoms with van der Waals surface area (Å²) in [4.78, 5) is 22.2. The second-order valence-electron chi connectivity index (χ2n) is 7.25. The summed E-state index contributed by atoms with van der Waals surface area (Å²) < 4.78 is 4.90. The van der Waals surface area contributed by atoms with Gasteiger partial charge in [0.05, 0.1) is 0 Å². The Morgan fingerprint density at radius 1 is 1.04 bits per heavy atom. The lowest BCUT2D eigenvalue weighted by atomic mass is 9.98. The maximum absolute atomic E-state index is 11.3. The van der Waals surface area contributed by atoms with E-state index in [4.69, 9.17) is 4.74 Å². The lowest BCUT2D eigenvalue weighted by Gasteiger charge is -2.16. The molecule has 2 atom stereocenters. The molecule has 0 bridgehead atoms. The molecule has 0 heterocycles. The number of hydrogen-bond donors (Lipinski definition) is 1. The third-order valence-electron chi connectivity index (χ3n) is 4.81. The second-order valence-corrected chi connectivity index (χ2v) is 7.25. The van der Waals surface area contributed by atoms with Crippen LogP contribution in [0.5, 0.6) is 0 Å². The first-order chi connectivity index (χ1) is 13.0. The number of hydrogen-bond acceptors (Lipinski definition) is 5. The average Bonchev–Trinajstić information content (AvgIpc) is 2.64. The van der Waals surface area contributed by atoms with Gasteiger partial charge in [-0.1, -0.05) is 77.4 Å². The zero-order valence-corrected chi connectivity index (χ0v) is 17.1. The van der Waals surface area contributed by atoms with Gasteiger partial charge in [0.1, 0.15) is 12.7 Å². The molecule has 0 spiro atoms. The molecular weight excluding hydrogens is 346 g/mol. The van der Waals surface area contributed by atoms with Gasteiger partial charge >= 0.3 is 5.97 Å². The van der Waals surface area contributed by atoms with E-state index in [9.17, 15) is 20.0 Å². The van der Waals surface area contributed by atoms with Gasteiger partial charge in [-0.15, -0.1) is 0 Å². The lowest BCUT2D eigenvalue weighted by molar-refractivity contribution is -0.535. The van der Waals surface area contributed by atoms with Crippen LogP contribution >= 0.6 is 0 Å². The van der Waals surface area contributed by atoms with E-state index in [2.05, 4.69) is 13.5 Å². The zero-order chi connectivity index (χ0) is 20.3. The molecule has 2 unspecified atom stereocenters. The van der Waals surface area contributed by atoms with E-state index in [0.29, 0.717) is 19.3 Å². The van der Waals surface area contributed by atoms with Gasteiger partial charge in [0, 0.05) is 17.8 Å². The molecule has 6 heteroatoms. The van der Waals surface area contributed by atoms with Crippen LogP contribution in [-0.2, 0) is 9.53 Å². The average molecular weight is 386 g/mol. The second kappa shape index (κ2) is 18.0. The van der Waals surface area contributed by atoms with Crippen molar-refractivity contribution in [3.05, 3.63) is 22.8 Å². The van der Waals surface area contributed by atoms with Crippen molar-refractivity contribution in [1.82, 2.24) is 0 Å². The van der Waals surface area contributed by atoms with Crippen molar-refractivity contribution in [3.63, 3.8) is 0 Å². The molecule has 0 aliphatic heterocycles. The third kappa shape index (κ3) is 15.3. The number of nitro groups is 1. The SMILES string of the molecule is C=CCOC(=O)CCCCCCCC(C(O)CCCCCCCC)[N+](=O)[O-]. The number of unbranched alkanes of at least 4 members (excludes halogenated alkanes) is 9. The summed E-state index contributed by atoms with van der Waals surface area (Å²) >= 11 is 0. The maximum Gasteiger partial charge on any atom is 0.306 e. The molecule has 0 aromatic rings. The highest BCUT2D eigenvalue weighted by Gasteiger charge is 2.28. The summed E-state index contributed by atoms with van der Waals surface area (Å²) in [5.41, 5.74) is 0. The van der Waals surface area contributed by atoms with Crippen molar-refractivity contribution in [2.75, 3.05) is 6.61 Å². The number of carbonyl (C=O) groups excluding carboxylic acids is 1. The van der Waals surface area contributed by atoms with Crippen LogP contribution in [0.15, 0.2) is 12.7 Å². The fourth-order valence-corrected chi connectivity index (χ4v) is 3.14. The van der Waals surface area contributed by atoms with Gasteiger partial charge in [-0.2, -0.15) is 0 Å². The molecule has 0 aliphatic carbocycles. The largest absolute Gasteiger partial charge is 0.461 e. The van der Waals surface area contributed by atoms with Crippen molar-refractivity contribution < 1.29 is 19.6 Å². The maximum atomic E-state index is 11.3. The molecule has 6 nitrogen and oxygen atoms in total. The molecule has 0 aromatic carbocycles. The van der Waals surface area contributed by atoms with Gasteiger partial charge in [-0.05, 0) is 19.3 Å². The molecule has 0 rings (SSSR count). The zero-order valence-electron chi connectivity index (χ0n) is 17.1. The Kier molecular flexibility index (Phi) is 17.0. The Morgan fingerprint density at radius 3 is 2.19 bits per heavy atom. The summed E-state index contributed by atoms with van der Waals surface area (Å²) in [5.74, 6) is -0.207. The van der Waals surface area contributed by atoms with Crippen LogP contribution in [0.1, 0.15) is 96.8 Å². The number of aliphatic hydroxyl groups is 1. The van der Waals surface area contributed by atoms with Crippen LogP contribution in [0.25, 0.3) is 0 Å². The van der Waals surface area contributed by atoms with E-state index in [0.717, 1.165) is 51.4 Å². The summed E-state index contributed by atoms with van der Waals surface area (Å²) in [6, 6.07) is -0.852. The van der Waals surface area contributed by atoms with Crippen molar-refractivity contribution in [1.29, 1.82) is 0 Å². The van der Waals surface area contributed by atoms with Crippen LogP contribution < -0.4 is 0 Å². The molecule has 0 aromatic heterocycles. The van der Waals surface area contributed by atoms with Gasteiger partial charge in [-0.25, -0.2) is 0 Å². The monoisotopic (exact) mass is 385 g/mol. The first-order valence-electron chi connectivity index (χ1n) is 10.6. The minimum absolute atomic E-state index is 0.207. The number of rotatable bonds is 19. The first kappa shape index (κ1) is 25.6. The number of nitrogens with zero attached hydrogens (tertiary/aromatic N) is 1. The molecule has 0 saturated heterocycles. The van der Waals surface area contributed by atoms with Crippen LogP contribution in [-0.4, -0.2) is 34.8 Å². The van der Waals surface area contributed by atoms with Crippen LogP contribution in [0.2, 0.25) is 0 Å². The molecule has 0 aliphatic rings. The molecule has 0 fully saturated rings. The number of aliphatic hydroxyl groups excluding tert-OH is 1. The minimum atomic E-state index is -0.852. The van der Waals surface area contributed by atoms with Crippen molar-refractivity contribution in [2.24, 2.45) is 0 Å². The Labute approximate surface area is 164 Å². The van der Waals surface area contributed by atoms with E-state index in [1.165, 1.54) is 19.3 Å². The summed E-state index contributed by atoms with van der Waals surface area (Å²) in [5, 5.41) is 21.4. The third-order valence-corrected chi connectivity index (χ3v) is 4.81. The molecule has 0 amide bonds. The Hall–Kier alpha value is -1.43. The van der Waals surface area contributed by atoms with Gasteiger partial charge in [0.2, 0.25) is 6.04 Å². The lowest BCUT2D eigenvalue weighted by Crippen LogP contribution is -2.33. The molecular formula is C21H39NO5. The smallest absolute Gasteiger partial charge is 0.306 e. The van der Waals surface area contributed by atoms with Gasteiger partial charge in [0.15, 0.2) is 0 Å². The van der Waals surface area contributed by atoms with Crippen molar-refractivity contribution in [3.8, 4) is 0 Å². The van der Waals surface area contributed by atoms with E-state index < -0.39 is 12.1 Å². The predicted octanol–water partition coefficient (Wildman–Crippen LogP) is 5.20. The highest BCUT2D eigenvalue weighted by molar-refractivity contribution is 5.69. The highest BCUT2D eigenvalue weighted by atomic mass is 16.6. The summed E-state index contributed by atoms with van der Waals surface area (Å²) in [7, 11) is 0. The Bertz CT molecular complexity index is 400. The minimum Gasteiger partial charge on any atom is -0.461 e. The van der Waals surface area contributed by atoms with Gasteiger partial charge in [-0.3, -0.25) is 14.9 Å². The fourth-order valence-electron chi connectivity index (χ4n) is 3.14.